The van der Waals surface area contributed by atoms with Crippen molar-refractivity contribution < 1.29 is 4.79 Å². The summed E-state index contributed by atoms with van der Waals surface area (Å²) in [7, 11) is 0. The van der Waals surface area contributed by atoms with E-state index in [9.17, 15) is 4.79 Å². The Morgan fingerprint density at radius 2 is 2.09 bits per heavy atom. The molecule has 1 heterocycles. The van der Waals surface area contributed by atoms with Gasteiger partial charge in [-0.3, -0.25) is 9.97 Å². The number of hydrogen-bond donors (Lipinski definition) is 0. The fraction of sp³-hybridized carbons (Fsp3) is 0.375. The lowest BCUT2D eigenvalue weighted by atomic mass is 10.1. The Labute approximate surface area is 65.5 Å². The first kappa shape index (κ1) is 7.85. The largest absolute Gasteiger partial charge is 0.303 e. The Morgan fingerprint density at radius 3 is 2.64 bits per heavy atom. The molecular formula is C8H10N2O. The van der Waals surface area contributed by atoms with Crippen molar-refractivity contribution in [1.82, 2.24) is 9.97 Å². The summed E-state index contributed by atoms with van der Waals surface area (Å²) < 4.78 is 0. The molecule has 0 aliphatic heterocycles. The van der Waals surface area contributed by atoms with Crippen molar-refractivity contribution in [2.45, 2.75) is 19.8 Å². The van der Waals surface area contributed by atoms with Crippen LogP contribution in [0.15, 0.2) is 12.4 Å². The number of rotatable bonds is 2. The SMILES string of the molecule is Cc1nccnc1C(C)C=O. The summed E-state index contributed by atoms with van der Waals surface area (Å²) >= 11 is 0. The van der Waals surface area contributed by atoms with E-state index in [4.69, 9.17) is 0 Å². The fourth-order valence-corrected chi connectivity index (χ4v) is 0.930. The molecule has 0 aliphatic rings. The maximum atomic E-state index is 10.4. The van der Waals surface area contributed by atoms with Crippen LogP contribution in [0.3, 0.4) is 0 Å². The Bertz CT molecular complexity index is 260. The molecule has 3 nitrogen and oxygen atoms in total. The van der Waals surface area contributed by atoms with Gasteiger partial charge in [0, 0.05) is 12.4 Å². The predicted molar refractivity (Wildman–Crippen MR) is 41.2 cm³/mol. The molecule has 58 valence electrons. The number of aromatic nitrogens is 2. The molecule has 0 spiro atoms. The lowest BCUT2D eigenvalue weighted by molar-refractivity contribution is -0.108. The van der Waals surface area contributed by atoms with Crippen molar-refractivity contribution >= 4 is 6.29 Å². The Morgan fingerprint density at radius 1 is 1.45 bits per heavy atom. The number of aryl methyl sites for hydroxylation is 1. The monoisotopic (exact) mass is 150 g/mol. The highest BCUT2D eigenvalue weighted by Crippen LogP contribution is 2.10. The summed E-state index contributed by atoms with van der Waals surface area (Å²) in [5.74, 6) is -0.149. The van der Waals surface area contributed by atoms with Crippen LogP contribution in [0.1, 0.15) is 24.2 Å². The summed E-state index contributed by atoms with van der Waals surface area (Å²) in [6.07, 6.45) is 4.09. The van der Waals surface area contributed by atoms with Crippen molar-refractivity contribution in [2.75, 3.05) is 0 Å². The van der Waals surface area contributed by atoms with Gasteiger partial charge in [-0.2, -0.15) is 0 Å². The van der Waals surface area contributed by atoms with Gasteiger partial charge < -0.3 is 4.79 Å². The number of hydrogen-bond acceptors (Lipinski definition) is 3. The molecule has 0 amide bonds. The highest BCUT2D eigenvalue weighted by Gasteiger charge is 2.07. The van der Waals surface area contributed by atoms with Gasteiger partial charge in [0.2, 0.25) is 0 Å². The molecule has 1 unspecified atom stereocenters. The Hall–Kier alpha value is -1.25. The minimum atomic E-state index is -0.149. The van der Waals surface area contributed by atoms with E-state index < -0.39 is 0 Å². The highest BCUT2D eigenvalue weighted by molar-refractivity contribution is 5.60. The average molecular weight is 150 g/mol. The van der Waals surface area contributed by atoms with Crippen LogP contribution >= 0.6 is 0 Å². The zero-order valence-electron chi connectivity index (χ0n) is 6.61. The first-order chi connectivity index (χ1) is 5.25. The van der Waals surface area contributed by atoms with Crippen LogP contribution in [0.25, 0.3) is 0 Å². The van der Waals surface area contributed by atoms with Gasteiger partial charge >= 0.3 is 0 Å². The second-order valence-electron chi connectivity index (χ2n) is 2.45. The van der Waals surface area contributed by atoms with Gasteiger partial charge in [-0.25, -0.2) is 0 Å². The second-order valence-corrected chi connectivity index (χ2v) is 2.45. The van der Waals surface area contributed by atoms with Gasteiger partial charge in [0.25, 0.3) is 0 Å². The molecule has 0 saturated carbocycles. The first-order valence-electron chi connectivity index (χ1n) is 3.48. The molecule has 1 atom stereocenters. The Kier molecular flexibility index (Phi) is 2.31. The molecule has 0 fully saturated rings. The zero-order chi connectivity index (χ0) is 8.27. The summed E-state index contributed by atoms with van der Waals surface area (Å²) in [4.78, 5) is 18.5. The molecule has 1 rings (SSSR count). The van der Waals surface area contributed by atoms with Crippen LogP contribution in [0.5, 0.6) is 0 Å². The third-order valence-electron chi connectivity index (χ3n) is 1.55. The number of aldehydes is 1. The standard InChI is InChI=1S/C8H10N2O/c1-6(5-11)8-7(2)9-3-4-10-8/h3-6H,1-2H3. The quantitative estimate of drug-likeness (QED) is 0.592. The fourth-order valence-electron chi connectivity index (χ4n) is 0.930. The number of carbonyl (C=O) groups is 1. The Balaban J connectivity index is 3.02. The molecule has 0 N–H and O–H groups in total. The van der Waals surface area contributed by atoms with Crippen molar-refractivity contribution in [3.8, 4) is 0 Å². The van der Waals surface area contributed by atoms with E-state index in [1.54, 1.807) is 12.4 Å². The third-order valence-corrected chi connectivity index (χ3v) is 1.55. The maximum absolute atomic E-state index is 10.4. The molecule has 0 aromatic carbocycles. The lowest BCUT2D eigenvalue weighted by Gasteiger charge is -2.03. The van der Waals surface area contributed by atoms with Crippen molar-refractivity contribution in [3.05, 3.63) is 23.8 Å². The van der Waals surface area contributed by atoms with E-state index in [0.717, 1.165) is 17.7 Å². The molecule has 1 aromatic rings. The predicted octanol–water partition coefficient (Wildman–Crippen LogP) is 1.09. The molecule has 0 bridgehead atoms. The smallest absolute Gasteiger partial charge is 0.128 e. The molecule has 1 aromatic heterocycles. The van der Waals surface area contributed by atoms with Gasteiger partial charge in [-0.1, -0.05) is 6.92 Å². The average Bonchev–Trinajstić information content (AvgIpc) is 2.04. The summed E-state index contributed by atoms with van der Waals surface area (Å²) in [6, 6.07) is 0. The number of nitrogens with zero attached hydrogens (tertiary/aromatic N) is 2. The number of carbonyl (C=O) groups excluding carboxylic acids is 1. The molecule has 0 saturated heterocycles. The highest BCUT2D eigenvalue weighted by atomic mass is 16.1. The van der Waals surface area contributed by atoms with Crippen LogP contribution in [0, 0.1) is 6.92 Å². The minimum absolute atomic E-state index is 0.149. The van der Waals surface area contributed by atoms with Gasteiger partial charge in [-0.15, -0.1) is 0 Å². The topological polar surface area (TPSA) is 42.9 Å². The summed E-state index contributed by atoms with van der Waals surface area (Å²) in [6.45, 7) is 3.66. The third kappa shape index (κ3) is 1.61. The van der Waals surface area contributed by atoms with Crippen molar-refractivity contribution in [2.24, 2.45) is 0 Å². The van der Waals surface area contributed by atoms with E-state index >= 15 is 0 Å². The van der Waals surface area contributed by atoms with E-state index in [0.29, 0.717) is 0 Å². The van der Waals surface area contributed by atoms with Gasteiger partial charge in [0.1, 0.15) is 6.29 Å². The van der Waals surface area contributed by atoms with Crippen molar-refractivity contribution in [3.63, 3.8) is 0 Å². The minimum Gasteiger partial charge on any atom is -0.303 e. The van der Waals surface area contributed by atoms with Crippen LogP contribution < -0.4 is 0 Å². The van der Waals surface area contributed by atoms with Crippen LogP contribution in [0.4, 0.5) is 0 Å². The van der Waals surface area contributed by atoms with Crippen molar-refractivity contribution in [1.29, 1.82) is 0 Å². The van der Waals surface area contributed by atoms with E-state index in [1.165, 1.54) is 0 Å². The van der Waals surface area contributed by atoms with Gasteiger partial charge in [-0.05, 0) is 6.92 Å². The molecular weight excluding hydrogens is 140 g/mol. The van der Waals surface area contributed by atoms with Crippen LogP contribution in [-0.2, 0) is 4.79 Å². The van der Waals surface area contributed by atoms with E-state index in [2.05, 4.69) is 9.97 Å². The summed E-state index contributed by atoms with van der Waals surface area (Å²) in [5, 5.41) is 0. The van der Waals surface area contributed by atoms with Gasteiger partial charge in [0.15, 0.2) is 0 Å². The summed E-state index contributed by atoms with van der Waals surface area (Å²) in [5.41, 5.74) is 1.59. The maximum Gasteiger partial charge on any atom is 0.128 e. The van der Waals surface area contributed by atoms with Gasteiger partial charge in [0.05, 0.1) is 17.3 Å². The van der Waals surface area contributed by atoms with E-state index in [-0.39, 0.29) is 5.92 Å². The molecule has 11 heavy (non-hydrogen) atoms. The lowest BCUT2D eigenvalue weighted by Crippen LogP contribution is -2.02. The molecule has 3 heteroatoms. The van der Waals surface area contributed by atoms with Crippen LogP contribution in [0.2, 0.25) is 0 Å². The van der Waals surface area contributed by atoms with E-state index in [1.807, 2.05) is 13.8 Å². The first-order valence-corrected chi connectivity index (χ1v) is 3.48. The van der Waals surface area contributed by atoms with Crippen LogP contribution in [-0.4, -0.2) is 16.3 Å². The second kappa shape index (κ2) is 3.23. The molecule has 0 radical (unpaired) electrons. The molecule has 0 aliphatic carbocycles. The zero-order valence-corrected chi connectivity index (χ0v) is 6.61. The normalized spacial score (nSPS) is 12.5.